The van der Waals surface area contributed by atoms with Crippen LogP contribution in [0.3, 0.4) is 0 Å². The lowest BCUT2D eigenvalue weighted by molar-refractivity contribution is -0.143. The van der Waals surface area contributed by atoms with E-state index >= 15 is 0 Å². The first kappa shape index (κ1) is 33.6. The standard InChI is InChI=1S/C36H49N3O7/c1-23(40)38-28-14-12-24-20-31(44-2)34(45-3)35(46-4)33(24)26-13-15-29(30(41)21-27(26)28)37-18-9-5-6-11-32(42)39-19-17-36(43)16-8-7-10-25(36)22-39/h13,15,20-21,25,28,43H,5-12,14,16-19,22H2,1-4H3,(H,37,41)(H,38,40)/t25-,28+,36+/m1/s1. The Bertz CT molecular complexity index is 1500. The smallest absolute Gasteiger partial charge is 0.222 e. The molecule has 2 aromatic carbocycles. The lowest BCUT2D eigenvalue weighted by Crippen LogP contribution is -2.54. The van der Waals surface area contributed by atoms with Gasteiger partial charge in [0.25, 0.3) is 0 Å². The van der Waals surface area contributed by atoms with E-state index in [0.29, 0.717) is 68.3 Å². The predicted molar refractivity (Wildman–Crippen MR) is 178 cm³/mol. The number of hydrogen-bond donors (Lipinski definition) is 3. The zero-order valence-corrected chi connectivity index (χ0v) is 27.7. The Kier molecular flexibility index (Phi) is 10.8. The molecule has 0 spiro atoms. The number of ether oxygens (including phenoxy) is 3. The number of piperidine rings is 1. The van der Waals surface area contributed by atoms with Gasteiger partial charge in [-0.15, -0.1) is 0 Å². The van der Waals surface area contributed by atoms with Crippen LogP contribution in [0.25, 0.3) is 11.1 Å². The molecule has 3 atom stereocenters. The second-order valence-electron chi connectivity index (χ2n) is 13.0. The molecule has 3 aliphatic rings. The second-order valence-corrected chi connectivity index (χ2v) is 13.0. The van der Waals surface area contributed by atoms with Crippen LogP contribution in [0.1, 0.15) is 88.3 Å². The number of aryl methyl sites for hydroxylation is 1. The summed E-state index contributed by atoms with van der Waals surface area (Å²) in [5.74, 6) is 1.75. The fourth-order valence-electron chi connectivity index (χ4n) is 7.61. The number of hydrogen-bond acceptors (Lipinski definition) is 8. The molecule has 2 amide bonds. The van der Waals surface area contributed by atoms with Gasteiger partial charge in [-0.25, -0.2) is 0 Å². The molecular formula is C36H49N3O7. The minimum atomic E-state index is -0.575. The molecular weight excluding hydrogens is 586 g/mol. The zero-order valence-electron chi connectivity index (χ0n) is 27.7. The Morgan fingerprint density at radius 1 is 1.00 bits per heavy atom. The van der Waals surface area contributed by atoms with Gasteiger partial charge in [-0.2, -0.15) is 0 Å². The van der Waals surface area contributed by atoms with Gasteiger partial charge in [-0.1, -0.05) is 25.3 Å². The van der Waals surface area contributed by atoms with Gasteiger partial charge in [0.05, 0.1) is 38.7 Å². The van der Waals surface area contributed by atoms with E-state index in [0.717, 1.165) is 67.2 Å². The number of anilines is 1. The molecule has 1 saturated heterocycles. The van der Waals surface area contributed by atoms with Crippen LogP contribution in [0.4, 0.5) is 5.69 Å². The number of likely N-dealkylation sites (tertiary alicyclic amines) is 1. The number of rotatable bonds is 11. The second kappa shape index (κ2) is 14.8. The van der Waals surface area contributed by atoms with Crippen molar-refractivity contribution in [3.05, 3.63) is 45.6 Å². The minimum Gasteiger partial charge on any atom is -0.493 e. The van der Waals surface area contributed by atoms with E-state index in [1.807, 2.05) is 17.0 Å². The van der Waals surface area contributed by atoms with Crippen molar-refractivity contribution < 1.29 is 28.9 Å². The van der Waals surface area contributed by atoms with Crippen LogP contribution in [0.5, 0.6) is 17.2 Å². The van der Waals surface area contributed by atoms with E-state index in [2.05, 4.69) is 10.6 Å². The molecule has 2 aromatic rings. The van der Waals surface area contributed by atoms with Crippen molar-refractivity contribution in [2.24, 2.45) is 5.92 Å². The van der Waals surface area contributed by atoms with Crippen LogP contribution in [0, 0.1) is 5.92 Å². The Labute approximate surface area is 271 Å². The molecule has 0 aromatic heterocycles. The third kappa shape index (κ3) is 7.12. The summed E-state index contributed by atoms with van der Waals surface area (Å²) in [4.78, 5) is 40.6. The molecule has 10 heteroatoms. The summed E-state index contributed by atoms with van der Waals surface area (Å²) in [6.45, 7) is 3.40. The summed E-state index contributed by atoms with van der Waals surface area (Å²) in [6, 6.07) is 6.90. The SMILES string of the molecule is COc1cc2c(c(OC)c1OC)-c1ccc(NCCCCCC(=O)N3CC[C@@]4(O)CCCC[C@@H]4C3)c(=O)cc1[C@@H](NC(C)=O)CC2. The Morgan fingerprint density at radius 3 is 2.54 bits per heavy atom. The maximum atomic E-state index is 13.5. The third-order valence-electron chi connectivity index (χ3n) is 10.1. The highest BCUT2D eigenvalue weighted by molar-refractivity contribution is 5.83. The van der Waals surface area contributed by atoms with Crippen LogP contribution >= 0.6 is 0 Å². The summed E-state index contributed by atoms with van der Waals surface area (Å²) in [5.41, 5.74) is 3.04. The lowest BCUT2D eigenvalue weighted by Gasteiger charge is -2.47. The van der Waals surface area contributed by atoms with Gasteiger partial charge in [0.1, 0.15) is 0 Å². The number of fused-ring (bicyclic) bond motifs is 4. The molecule has 2 fully saturated rings. The normalized spacial score (nSPS) is 22.0. The quantitative estimate of drug-likeness (QED) is 0.295. The van der Waals surface area contributed by atoms with Crippen LogP contribution in [-0.4, -0.2) is 68.4 Å². The number of amides is 2. The molecule has 0 bridgehead atoms. The lowest BCUT2D eigenvalue weighted by atomic mass is 9.71. The topological polar surface area (TPSA) is 126 Å². The van der Waals surface area contributed by atoms with Crippen molar-refractivity contribution in [2.45, 2.75) is 89.2 Å². The number of nitrogens with one attached hydrogen (secondary N) is 2. The van der Waals surface area contributed by atoms with Crippen LogP contribution in [-0.2, 0) is 16.0 Å². The number of benzene rings is 1. The number of carbonyl (C=O) groups is 2. The van der Waals surface area contributed by atoms with Crippen molar-refractivity contribution >= 4 is 17.5 Å². The minimum absolute atomic E-state index is 0.164. The summed E-state index contributed by atoms with van der Waals surface area (Å²) in [6.07, 6.45) is 8.97. The van der Waals surface area contributed by atoms with Crippen molar-refractivity contribution in [3.8, 4) is 28.4 Å². The van der Waals surface area contributed by atoms with Crippen molar-refractivity contribution in [3.63, 3.8) is 0 Å². The molecule has 46 heavy (non-hydrogen) atoms. The highest BCUT2D eigenvalue weighted by Crippen LogP contribution is 2.50. The Morgan fingerprint density at radius 2 is 1.80 bits per heavy atom. The van der Waals surface area contributed by atoms with Gasteiger partial charge in [0.15, 0.2) is 11.5 Å². The molecule has 3 N–H and O–H groups in total. The predicted octanol–water partition coefficient (Wildman–Crippen LogP) is 4.99. The number of nitrogens with zero attached hydrogens (tertiary/aromatic N) is 1. The highest BCUT2D eigenvalue weighted by atomic mass is 16.5. The number of unbranched alkanes of at least 4 members (excludes halogenated alkanes) is 2. The van der Waals surface area contributed by atoms with Crippen LogP contribution in [0.2, 0.25) is 0 Å². The molecule has 0 unspecified atom stereocenters. The first-order chi connectivity index (χ1) is 22.2. The summed E-state index contributed by atoms with van der Waals surface area (Å²) in [5, 5.41) is 17.3. The van der Waals surface area contributed by atoms with E-state index in [4.69, 9.17) is 14.2 Å². The van der Waals surface area contributed by atoms with E-state index in [-0.39, 0.29) is 29.2 Å². The largest absolute Gasteiger partial charge is 0.493 e. The number of carbonyl (C=O) groups excluding carboxylic acids is 2. The van der Waals surface area contributed by atoms with Gasteiger partial charge in [0, 0.05) is 44.5 Å². The molecule has 250 valence electrons. The van der Waals surface area contributed by atoms with E-state index in [1.165, 1.54) is 6.92 Å². The van der Waals surface area contributed by atoms with E-state index in [9.17, 15) is 19.5 Å². The summed E-state index contributed by atoms with van der Waals surface area (Å²) < 4.78 is 17.1. The molecule has 1 saturated carbocycles. The molecule has 10 nitrogen and oxygen atoms in total. The monoisotopic (exact) mass is 635 g/mol. The zero-order chi connectivity index (χ0) is 32.8. The summed E-state index contributed by atoms with van der Waals surface area (Å²) in [7, 11) is 4.73. The number of aliphatic hydroxyl groups is 1. The Balaban J connectivity index is 1.26. The van der Waals surface area contributed by atoms with E-state index < -0.39 is 5.60 Å². The highest BCUT2D eigenvalue weighted by Gasteiger charge is 2.43. The van der Waals surface area contributed by atoms with Crippen LogP contribution < -0.4 is 30.3 Å². The molecule has 1 aliphatic heterocycles. The van der Waals surface area contributed by atoms with Crippen molar-refractivity contribution in [1.29, 1.82) is 0 Å². The van der Waals surface area contributed by atoms with Gasteiger partial charge in [0.2, 0.25) is 23.0 Å². The first-order valence-corrected chi connectivity index (χ1v) is 16.7. The van der Waals surface area contributed by atoms with Crippen LogP contribution in [0.15, 0.2) is 29.1 Å². The van der Waals surface area contributed by atoms with Gasteiger partial charge >= 0.3 is 0 Å². The van der Waals surface area contributed by atoms with Gasteiger partial charge < -0.3 is 34.9 Å². The fraction of sp³-hybridized carbons (Fsp3) is 0.583. The van der Waals surface area contributed by atoms with Gasteiger partial charge in [-0.05, 0) is 79.8 Å². The molecule has 0 radical (unpaired) electrons. The van der Waals surface area contributed by atoms with Gasteiger partial charge in [-0.3, -0.25) is 14.4 Å². The molecule has 1 heterocycles. The van der Waals surface area contributed by atoms with Crippen molar-refractivity contribution in [1.82, 2.24) is 10.2 Å². The Hall–Kier alpha value is -3.79. The maximum absolute atomic E-state index is 13.5. The average molecular weight is 636 g/mol. The van der Waals surface area contributed by atoms with Crippen molar-refractivity contribution in [2.75, 3.05) is 46.3 Å². The molecule has 2 aliphatic carbocycles. The average Bonchev–Trinajstić information content (AvgIpc) is 3.29. The fourth-order valence-corrected chi connectivity index (χ4v) is 7.61. The molecule has 5 rings (SSSR count). The number of methoxy groups -OCH3 is 3. The van der Waals surface area contributed by atoms with E-state index in [1.54, 1.807) is 33.5 Å². The first-order valence-electron chi connectivity index (χ1n) is 16.7. The summed E-state index contributed by atoms with van der Waals surface area (Å²) >= 11 is 0. The third-order valence-corrected chi connectivity index (χ3v) is 10.1. The maximum Gasteiger partial charge on any atom is 0.222 e.